The molecular weight excluding hydrogens is 418 g/mol. The number of aromatic nitrogens is 1. The van der Waals surface area contributed by atoms with E-state index in [0.717, 1.165) is 4.90 Å². The van der Waals surface area contributed by atoms with E-state index in [4.69, 9.17) is 11.6 Å². The third kappa shape index (κ3) is 4.66. The normalized spacial score (nSPS) is 13.9. The van der Waals surface area contributed by atoms with Crippen molar-refractivity contribution in [1.29, 1.82) is 0 Å². The lowest BCUT2D eigenvalue weighted by Crippen LogP contribution is -2.50. The van der Waals surface area contributed by atoms with Crippen LogP contribution in [-0.2, 0) is 0 Å². The number of hydrogen-bond donors (Lipinski definition) is 0. The number of piperazine rings is 1. The molecule has 0 atom stereocenters. The van der Waals surface area contributed by atoms with Crippen molar-refractivity contribution in [3.8, 4) is 0 Å². The van der Waals surface area contributed by atoms with Crippen molar-refractivity contribution in [2.75, 3.05) is 26.2 Å². The molecule has 3 aromatic rings. The summed E-state index contributed by atoms with van der Waals surface area (Å²) in [5.74, 6) is -0.0967. The van der Waals surface area contributed by atoms with Gasteiger partial charge in [-0.05, 0) is 48.5 Å². The van der Waals surface area contributed by atoms with Crippen LogP contribution in [0.4, 0.5) is 0 Å². The summed E-state index contributed by atoms with van der Waals surface area (Å²) in [5.41, 5.74) is 1.19. The largest absolute Gasteiger partial charge is 0.335 e. The maximum Gasteiger partial charge on any atom is 0.256 e. The maximum absolute atomic E-state index is 13.1. The van der Waals surface area contributed by atoms with Gasteiger partial charge in [0.15, 0.2) is 0 Å². The Kier molecular flexibility index (Phi) is 6.35. The van der Waals surface area contributed by atoms with Crippen molar-refractivity contribution in [3.05, 3.63) is 89.1 Å². The number of nitrogens with zero attached hydrogens (tertiary/aromatic N) is 3. The SMILES string of the molecule is O=C(c1ccc(Cl)cc1)N1CCN(C(=O)c2cccnc2Sc2ccccc2)CC1. The van der Waals surface area contributed by atoms with Crippen molar-refractivity contribution in [2.24, 2.45) is 0 Å². The summed E-state index contributed by atoms with van der Waals surface area (Å²) in [6.45, 7) is 1.97. The molecule has 0 bridgehead atoms. The molecule has 0 unspecified atom stereocenters. The van der Waals surface area contributed by atoms with E-state index < -0.39 is 0 Å². The molecule has 0 aliphatic carbocycles. The maximum atomic E-state index is 13.1. The predicted molar refractivity (Wildman–Crippen MR) is 118 cm³/mol. The molecule has 1 saturated heterocycles. The lowest BCUT2D eigenvalue weighted by molar-refractivity contribution is 0.0533. The molecular formula is C23H20ClN3O2S. The monoisotopic (exact) mass is 437 g/mol. The van der Waals surface area contributed by atoms with Gasteiger partial charge in [-0.3, -0.25) is 9.59 Å². The summed E-state index contributed by atoms with van der Waals surface area (Å²) in [5, 5.41) is 1.29. The highest BCUT2D eigenvalue weighted by Gasteiger charge is 2.27. The third-order valence-corrected chi connectivity index (χ3v) is 6.18. The van der Waals surface area contributed by atoms with Crippen LogP contribution in [0.5, 0.6) is 0 Å². The number of benzene rings is 2. The zero-order chi connectivity index (χ0) is 20.9. The Bertz CT molecular complexity index is 1040. The smallest absolute Gasteiger partial charge is 0.256 e. The van der Waals surface area contributed by atoms with E-state index in [0.29, 0.717) is 47.4 Å². The number of amides is 2. The molecule has 1 fully saturated rings. The summed E-state index contributed by atoms with van der Waals surface area (Å²) in [7, 11) is 0. The second kappa shape index (κ2) is 9.32. The highest BCUT2D eigenvalue weighted by molar-refractivity contribution is 7.99. The summed E-state index contributed by atoms with van der Waals surface area (Å²) in [6, 6.07) is 20.3. The molecule has 4 rings (SSSR count). The Morgan fingerprint density at radius 1 is 0.800 bits per heavy atom. The predicted octanol–water partition coefficient (Wildman–Crippen LogP) is 4.48. The van der Waals surface area contributed by atoms with Crippen molar-refractivity contribution in [2.45, 2.75) is 9.92 Å². The fourth-order valence-electron chi connectivity index (χ4n) is 3.29. The first-order chi connectivity index (χ1) is 14.6. The average molecular weight is 438 g/mol. The Morgan fingerprint density at radius 3 is 2.10 bits per heavy atom. The fourth-order valence-corrected chi connectivity index (χ4v) is 4.31. The first-order valence-corrected chi connectivity index (χ1v) is 10.8. The molecule has 0 saturated carbocycles. The number of pyridine rings is 1. The number of carbonyl (C=O) groups excluding carboxylic acids is 2. The molecule has 0 radical (unpaired) electrons. The van der Waals surface area contributed by atoms with Crippen molar-refractivity contribution >= 4 is 35.2 Å². The molecule has 7 heteroatoms. The molecule has 2 aromatic carbocycles. The lowest BCUT2D eigenvalue weighted by Gasteiger charge is -2.35. The van der Waals surface area contributed by atoms with Crippen LogP contribution in [0.3, 0.4) is 0 Å². The zero-order valence-electron chi connectivity index (χ0n) is 16.2. The van der Waals surface area contributed by atoms with Gasteiger partial charge in [0.2, 0.25) is 0 Å². The van der Waals surface area contributed by atoms with Crippen LogP contribution in [0.2, 0.25) is 5.02 Å². The Balaban J connectivity index is 1.42. The quantitative estimate of drug-likeness (QED) is 0.603. The van der Waals surface area contributed by atoms with Gasteiger partial charge in [-0.25, -0.2) is 4.98 Å². The Hall–Kier alpha value is -2.83. The second-order valence-electron chi connectivity index (χ2n) is 6.86. The van der Waals surface area contributed by atoms with E-state index >= 15 is 0 Å². The van der Waals surface area contributed by atoms with Crippen LogP contribution in [0, 0.1) is 0 Å². The van der Waals surface area contributed by atoms with Gasteiger partial charge in [0.25, 0.3) is 11.8 Å². The minimum Gasteiger partial charge on any atom is -0.335 e. The van der Waals surface area contributed by atoms with E-state index in [1.807, 2.05) is 36.4 Å². The van der Waals surface area contributed by atoms with Gasteiger partial charge in [-0.2, -0.15) is 0 Å². The van der Waals surface area contributed by atoms with Gasteiger partial charge < -0.3 is 9.80 Å². The van der Waals surface area contributed by atoms with Gasteiger partial charge in [0.1, 0.15) is 5.03 Å². The molecule has 0 N–H and O–H groups in total. The summed E-state index contributed by atoms with van der Waals surface area (Å²) in [6.07, 6.45) is 1.70. The molecule has 2 heterocycles. The minimum atomic E-state index is -0.0554. The average Bonchev–Trinajstić information content (AvgIpc) is 2.80. The zero-order valence-corrected chi connectivity index (χ0v) is 17.8. The summed E-state index contributed by atoms with van der Waals surface area (Å²) >= 11 is 7.38. The number of hydrogen-bond acceptors (Lipinski definition) is 4. The minimum absolute atomic E-state index is 0.0412. The standard InChI is InChI=1S/C23H20ClN3O2S/c24-18-10-8-17(9-11-18)22(28)26-13-15-27(16-14-26)23(29)20-7-4-12-25-21(20)30-19-5-2-1-3-6-19/h1-12H,13-16H2. The van der Waals surface area contributed by atoms with Crippen molar-refractivity contribution < 1.29 is 9.59 Å². The van der Waals surface area contributed by atoms with E-state index in [9.17, 15) is 9.59 Å². The fraction of sp³-hybridized carbons (Fsp3) is 0.174. The van der Waals surface area contributed by atoms with Gasteiger partial charge >= 0.3 is 0 Å². The molecule has 1 aliphatic heterocycles. The van der Waals surface area contributed by atoms with Crippen LogP contribution in [-0.4, -0.2) is 52.8 Å². The summed E-state index contributed by atoms with van der Waals surface area (Å²) in [4.78, 5) is 34.8. The van der Waals surface area contributed by atoms with E-state index in [1.165, 1.54) is 11.8 Å². The van der Waals surface area contributed by atoms with Crippen LogP contribution < -0.4 is 0 Å². The highest BCUT2D eigenvalue weighted by Crippen LogP contribution is 2.29. The molecule has 2 amide bonds. The Labute approximate surface area is 184 Å². The topological polar surface area (TPSA) is 53.5 Å². The lowest BCUT2D eigenvalue weighted by atomic mass is 10.1. The first kappa shape index (κ1) is 20.4. The van der Waals surface area contributed by atoms with Gasteiger partial charge in [0, 0.05) is 47.9 Å². The molecule has 30 heavy (non-hydrogen) atoms. The molecule has 0 spiro atoms. The Morgan fingerprint density at radius 2 is 1.43 bits per heavy atom. The molecule has 1 aromatic heterocycles. The van der Waals surface area contributed by atoms with Gasteiger partial charge in [-0.1, -0.05) is 41.6 Å². The van der Waals surface area contributed by atoms with Gasteiger partial charge in [0.05, 0.1) is 5.56 Å². The van der Waals surface area contributed by atoms with Crippen molar-refractivity contribution in [1.82, 2.24) is 14.8 Å². The van der Waals surface area contributed by atoms with E-state index in [1.54, 1.807) is 46.3 Å². The number of halogens is 1. The van der Waals surface area contributed by atoms with Crippen molar-refractivity contribution in [3.63, 3.8) is 0 Å². The molecule has 152 valence electrons. The first-order valence-electron chi connectivity index (χ1n) is 9.64. The number of rotatable bonds is 4. The van der Waals surface area contributed by atoms with E-state index in [-0.39, 0.29) is 11.8 Å². The van der Waals surface area contributed by atoms with Crippen LogP contribution in [0.15, 0.2) is 82.8 Å². The second-order valence-corrected chi connectivity index (χ2v) is 8.36. The highest BCUT2D eigenvalue weighted by atomic mass is 35.5. The van der Waals surface area contributed by atoms with Gasteiger partial charge in [-0.15, -0.1) is 0 Å². The number of carbonyl (C=O) groups is 2. The third-order valence-electron chi connectivity index (χ3n) is 4.90. The van der Waals surface area contributed by atoms with E-state index in [2.05, 4.69) is 4.98 Å². The molecule has 1 aliphatic rings. The van der Waals surface area contributed by atoms with Crippen LogP contribution in [0.25, 0.3) is 0 Å². The van der Waals surface area contributed by atoms with Crippen LogP contribution in [0.1, 0.15) is 20.7 Å². The summed E-state index contributed by atoms with van der Waals surface area (Å²) < 4.78 is 0. The van der Waals surface area contributed by atoms with Crippen LogP contribution >= 0.6 is 23.4 Å². The molecule has 5 nitrogen and oxygen atoms in total.